The van der Waals surface area contributed by atoms with Crippen molar-refractivity contribution >= 4 is 23.0 Å². The number of nitrogens with one attached hydrogen (secondary N) is 1. The molecule has 0 unspecified atom stereocenters. The number of rotatable bonds is 6. The third kappa shape index (κ3) is 3.87. The van der Waals surface area contributed by atoms with Crippen LogP contribution in [0.15, 0.2) is 42.9 Å². The van der Waals surface area contributed by atoms with Crippen molar-refractivity contribution in [3.63, 3.8) is 0 Å². The maximum Gasteiger partial charge on any atom is 0.254 e. The number of H-pyrrole nitrogens is 1. The predicted molar refractivity (Wildman–Crippen MR) is 99.1 cm³/mol. The van der Waals surface area contributed by atoms with Crippen LogP contribution in [0, 0.1) is 6.57 Å². The van der Waals surface area contributed by atoms with E-state index in [2.05, 4.69) is 19.8 Å². The number of nitrogens with two attached hydrogens (primary N) is 1. The second-order valence-electron chi connectivity index (χ2n) is 5.77. The number of pyridine rings is 2. The van der Waals surface area contributed by atoms with Crippen molar-refractivity contribution in [3.05, 3.63) is 59.8 Å². The van der Waals surface area contributed by atoms with Crippen LogP contribution in [-0.2, 0) is 4.79 Å². The van der Waals surface area contributed by atoms with E-state index in [-0.39, 0.29) is 6.04 Å². The van der Waals surface area contributed by atoms with E-state index in [1.54, 1.807) is 37.7 Å². The zero-order valence-corrected chi connectivity index (χ0v) is 14.1. The Morgan fingerprint density at radius 2 is 2.19 bits per heavy atom. The average Bonchev–Trinajstić information content (AvgIpc) is 3.07. The van der Waals surface area contributed by atoms with Gasteiger partial charge >= 0.3 is 0 Å². The Bertz CT molecular complexity index is 999. The molecule has 0 aliphatic rings. The fraction of sp³-hybridized carbons (Fsp3) is 0.158. The molecule has 7 nitrogen and oxygen atoms in total. The lowest BCUT2D eigenvalue weighted by Gasteiger charge is -2.06. The maximum absolute atomic E-state index is 10.9. The summed E-state index contributed by atoms with van der Waals surface area (Å²) >= 11 is 0. The van der Waals surface area contributed by atoms with E-state index in [0.717, 1.165) is 27.7 Å². The van der Waals surface area contributed by atoms with Gasteiger partial charge in [-0.2, -0.15) is 0 Å². The second-order valence-corrected chi connectivity index (χ2v) is 5.77. The zero-order valence-electron chi connectivity index (χ0n) is 14.1. The quantitative estimate of drug-likeness (QED) is 0.529. The van der Waals surface area contributed by atoms with Crippen molar-refractivity contribution in [3.8, 4) is 17.0 Å². The van der Waals surface area contributed by atoms with Crippen molar-refractivity contribution in [2.45, 2.75) is 13.0 Å². The molecule has 130 valence electrons. The van der Waals surface area contributed by atoms with E-state index in [4.69, 9.17) is 17.0 Å². The van der Waals surface area contributed by atoms with Gasteiger partial charge in [0, 0.05) is 59.7 Å². The van der Waals surface area contributed by atoms with Gasteiger partial charge in [-0.1, -0.05) is 0 Å². The van der Waals surface area contributed by atoms with E-state index in [0.29, 0.717) is 12.5 Å². The van der Waals surface area contributed by atoms with Crippen LogP contribution < -0.4 is 10.5 Å². The number of carbonyl (C=O) groups excluding carboxylic acids is 1. The largest absolute Gasteiger partial charge is 0.469 e. The number of amides is 1. The highest BCUT2D eigenvalue weighted by molar-refractivity contribution is 5.95. The number of fused-ring (bicyclic) bond motifs is 1. The smallest absolute Gasteiger partial charge is 0.254 e. The van der Waals surface area contributed by atoms with Gasteiger partial charge in [0.15, 0.2) is 6.61 Å². The highest BCUT2D eigenvalue weighted by Crippen LogP contribution is 2.25. The van der Waals surface area contributed by atoms with Gasteiger partial charge in [-0.25, -0.2) is 16.5 Å². The van der Waals surface area contributed by atoms with Crippen molar-refractivity contribution in [1.82, 2.24) is 15.0 Å². The number of primary amides is 1. The Labute approximate surface area is 150 Å². The lowest BCUT2D eigenvalue weighted by molar-refractivity contribution is -0.113. The fourth-order valence-electron chi connectivity index (χ4n) is 2.37. The van der Waals surface area contributed by atoms with Gasteiger partial charge in [0.1, 0.15) is 5.65 Å². The lowest BCUT2D eigenvalue weighted by atomic mass is 10.1. The van der Waals surface area contributed by atoms with Crippen LogP contribution in [0.1, 0.15) is 12.5 Å². The summed E-state index contributed by atoms with van der Waals surface area (Å²) in [4.78, 5) is 26.1. The summed E-state index contributed by atoms with van der Waals surface area (Å²) in [6.07, 6.45) is 8.19. The molecule has 3 aromatic rings. The number of carbonyl (C=O) groups is 1. The minimum Gasteiger partial charge on any atom is -0.469 e. The first-order chi connectivity index (χ1) is 12.6. The summed E-state index contributed by atoms with van der Waals surface area (Å²) in [7, 11) is 0. The van der Waals surface area contributed by atoms with Crippen molar-refractivity contribution < 1.29 is 9.53 Å². The molecule has 3 aromatic heterocycles. The first kappa shape index (κ1) is 17.2. The standard InChI is InChI=1S/C19H17N5O2/c1-12(21-2)11-26-18-6-4-13(8-22-18)15-7-16-14(3-5-17(20)25)9-23-19(16)24-10-15/h3-10,12H,11H2,1H3,(H2,20,25)(H,23,24)/b5-3+/t12-/m1/s1. The van der Waals surface area contributed by atoms with Gasteiger partial charge in [0.2, 0.25) is 11.8 Å². The van der Waals surface area contributed by atoms with Crippen LogP contribution in [0.25, 0.3) is 33.1 Å². The van der Waals surface area contributed by atoms with Crippen LogP contribution in [-0.4, -0.2) is 33.5 Å². The fourth-order valence-corrected chi connectivity index (χ4v) is 2.37. The summed E-state index contributed by atoms with van der Waals surface area (Å²) in [5.74, 6) is -0.0270. The van der Waals surface area contributed by atoms with Gasteiger partial charge in [-0.05, 0) is 18.2 Å². The molecule has 0 bridgehead atoms. The molecule has 0 saturated carbocycles. The van der Waals surface area contributed by atoms with Crippen LogP contribution in [0.2, 0.25) is 0 Å². The number of hydrogen-bond acceptors (Lipinski definition) is 4. The lowest BCUT2D eigenvalue weighted by Crippen LogP contribution is -2.10. The molecule has 1 amide bonds. The van der Waals surface area contributed by atoms with Crippen molar-refractivity contribution in [1.29, 1.82) is 0 Å². The highest BCUT2D eigenvalue weighted by Gasteiger charge is 2.08. The molecule has 0 aromatic carbocycles. The Morgan fingerprint density at radius 3 is 2.88 bits per heavy atom. The predicted octanol–water partition coefficient (Wildman–Crippen LogP) is 2.81. The molecule has 1 atom stereocenters. The molecule has 3 N–H and O–H groups in total. The first-order valence-corrected chi connectivity index (χ1v) is 7.97. The van der Waals surface area contributed by atoms with Crippen LogP contribution >= 0.6 is 0 Å². The van der Waals surface area contributed by atoms with E-state index in [9.17, 15) is 4.79 Å². The van der Waals surface area contributed by atoms with Crippen molar-refractivity contribution in [2.24, 2.45) is 5.73 Å². The molecule has 3 heterocycles. The molecule has 26 heavy (non-hydrogen) atoms. The average molecular weight is 347 g/mol. The molecular formula is C19H17N5O2. The van der Waals surface area contributed by atoms with E-state index >= 15 is 0 Å². The molecule has 0 aliphatic heterocycles. The molecular weight excluding hydrogens is 330 g/mol. The van der Waals surface area contributed by atoms with Gasteiger partial charge in [-0.3, -0.25) is 4.79 Å². The summed E-state index contributed by atoms with van der Waals surface area (Å²) in [6.45, 7) is 9.03. The van der Waals surface area contributed by atoms with E-state index in [1.807, 2.05) is 12.1 Å². The SMILES string of the molecule is [C-]#[N+][C@H](C)COc1ccc(-c2cnc3[nH]cc(/C=C/C(N)=O)c3c2)cn1. The number of nitrogens with zero attached hydrogens (tertiary/aromatic N) is 3. The third-order valence-corrected chi connectivity index (χ3v) is 3.75. The normalized spacial score (nSPS) is 12.2. The first-order valence-electron chi connectivity index (χ1n) is 7.97. The molecule has 0 aliphatic carbocycles. The van der Waals surface area contributed by atoms with E-state index in [1.165, 1.54) is 6.08 Å². The minimum atomic E-state index is -0.504. The van der Waals surface area contributed by atoms with Crippen LogP contribution in [0.4, 0.5) is 0 Å². The van der Waals surface area contributed by atoms with Crippen LogP contribution in [0.3, 0.4) is 0 Å². The molecule has 0 saturated heterocycles. The summed E-state index contributed by atoms with van der Waals surface area (Å²) < 4.78 is 5.48. The molecule has 0 fully saturated rings. The molecule has 0 spiro atoms. The number of ether oxygens (including phenoxy) is 1. The summed E-state index contributed by atoms with van der Waals surface area (Å²) in [5, 5.41) is 0.881. The zero-order chi connectivity index (χ0) is 18.5. The number of aromatic amines is 1. The van der Waals surface area contributed by atoms with Crippen LogP contribution in [0.5, 0.6) is 5.88 Å². The number of aromatic nitrogens is 3. The van der Waals surface area contributed by atoms with Gasteiger partial charge in [0.25, 0.3) is 6.04 Å². The Kier molecular flexibility index (Phi) is 4.94. The van der Waals surface area contributed by atoms with E-state index < -0.39 is 5.91 Å². The molecule has 7 heteroatoms. The van der Waals surface area contributed by atoms with Crippen molar-refractivity contribution in [2.75, 3.05) is 6.61 Å². The summed E-state index contributed by atoms with van der Waals surface area (Å²) in [6, 6.07) is 5.42. The molecule has 3 rings (SSSR count). The third-order valence-electron chi connectivity index (χ3n) is 3.75. The summed E-state index contributed by atoms with van der Waals surface area (Å²) in [5.41, 5.74) is 8.48. The molecule has 0 radical (unpaired) electrons. The van der Waals surface area contributed by atoms with Gasteiger partial charge < -0.3 is 20.3 Å². The minimum absolute atomic E-state index is 0.205. The van der Waals surface area contributed by atoms with Gasteiger partial charge in [-0.15, -0.1) is 0 Å². The van der Waals surface area contributed by atoms with Gasteiger partial charge in [0.05, 0.1) is 0 Å². The maximum atomic E-state index is 10.9. The highest BCUT2D eigenvalue weighted by atomic mass is 16.5. The Balaban J connectivity index is 1.85. The monoisotopic (exact) mass is 347 g/mol. The number of hydrogen-bond donors (Lipinski definition) is 2. The second kappa shape index (κ2) is 7.49. The Morgan fingerprint density at radius 1 is 1.38 bits per heavy atom. The topological polar surface area (TPSA) is 98.2 Å². The Hall–Kier alpha value is -3.66.